The molecule has 0 atom stereocenters. The molecule has 2 aromatic carbocycles. The molecular formula is C20H20O4. The van der Waals surface area contributed by atoms with Crippen LogP contribution in [0, 0.1) is 0 Å². The SMILES string of the molecule is CCCCOc1ccc(/C=C/C(=O)c2ccc3c(c2)OCO3)cc1. The molecule has 0 amide bonds. The molecule has 0 N–H and O–H groups in total. The highest BCUT2D eigenvalue weighted by molar-refractivity contribution is 6.07. The second kappa shape index (κ2) is 7.68. The summed E-state index contributed by atoms with van der Waals surface area (Å²) < 4.78 is 16.2. The fourth-order valence-corrected chi connectivity index (χ4v) is 2.33. The second-order valence-corrected chi connectivity index (χ2v) is 5.54. The fraction of sp³-hybridized carbons (Fsp3) is 0.250. The van der Waals surface area contributed by atoms with Crippen molar-refractivity contribution in [3.05, 3.63) is 59.7 Å². The number of benzene rings is 2. The van der Waals surface area contributed by atoms with Crippen LogP contribution in [-0.2, 0) is 0 Å². The highest BCUT2D eigenvalue weighted by Crippen LogP contribution is 2.32. The van der Waals surface area contributed by atoms with Gasteiger partial charge in [0.05, 0.1) is 6.61 Å². The monoisotopic (exact) mass is 324 g/mol. The molecule has 0 saturated heterocycles. The Balaban J connectivity index is 1.61. The number of unbranched alkanes of at least 4 members (excludes halogenated alkanes) is 1. The van der Waals surface area contributed by atoms with E-state index in [4.69, 9.17) is 14.2 Å². The lowest BCUT2D eigenvalue weighted by Gasteiger charge is -2.05. The van der Waals surface area contributed by atoms with Gasteiger partial charge in [-0.2, -0.15) is 0 Å². The van der Waals surface area contributed by atoms with Gasteiger partial charge in [0.1, 0.15) is 5.75 Å². The molecule has 0 radical (unpaired) electrons. The van der Waals surface area contributed by atoms with E-state index in [9.17, 15) is 4.79 Å². The van der Waals surface area contributed by atoms with Crippen LogP contribution >= 0.6 is 0 Å². The lowest BCUT2D eigenvalue weighted by molar-refractivity contribution is 0.104. The van der Waals surface area contributed by atoms with E-state index in [1.807, 2.05) is 24.3 Å². The Kier molecular flexibility index (Phi) is 5.16. The lowest BCUT2D eigenvalue weighted by atomic mass is 10.1. The first-order valence-electron chi connectivity index (χ1n) is 8.11. The summed E-state index contributed by atoms with van der Waals surface area (Å²) in [5.41, 5.74) is 1.53. The standard InChI is InChI=1S/C20H20O4/c1-2-3-12-22-17-8-4-15(5-9-17)6-10-18(21)16-7-11-19-20(13-16)24-14-23-19/h4-11,13H,2-3,12,14H2,1H3/b10-6+. The molecule has 0 aromatic heterocycles. The highest BCUT2D eigenvalue weighted by Gasteiger charge is 2.14. The van der Waals surface area contributed by atoms with Crippen molar-refractivity contribution >= 4 is 11.9 Å². The van der Waals surface area contributed by atoms with Gasteiger partial charge in [-0.15, -0.1) is 0 Å². The van der Waals surface area contributed by atoms with E-state index in [2.05, 4.69) is 6.92 Å². The van der Waals surface area contributed by atoms with Crippen molar-refractivity contribution in [1.82, 2.24) is 0 Å². The zero-order valence-electron chi connectivity index (χ0n) is 13.7. The van der Waals surface area contributed by atoms with Gasteiger partial charge in [-0.25, -0.2) is 0 Å². The van der Waals surface area contributed by atoms with Crippen molar-refractivity contribution in [2.24, 2.45) is 0 Å². The van der Waals surface area contributed by atoms with Crippen molar-refractivity contribution in [2.75, 3.05) is 13.4 Å². The average Bonchev–Trinajstić information content (AvgIpc) is 3.08. The van der Waals surface area contributed by atoms with Gasteiger partial charge in [0.15, 0.2) is 17.3 Å². The lowest BCUT2D eigenvalue weighted by Crippen LogP contribution is -1.96. The van der Waals surface area contributed by atoms with Crippen LogP contribution in [0.3, 0.4) is 0 Å². The number of ether oxygens (including phenoxy) is 3. The van der Waals surface area contributed by atoms with Crippen LogP contribution in [0.4, 0.5) is 0 Å². The quantitative estimate of drug-likeness (QED) is 0.427. The first-order valence-corrected chi connectivity index (χ1v) is 8.11. The maximum Gasteiger partial charge on any atom is 0.231 e. The summed E-state index contributed by atoms with van der Waals surface area (Å²) in [7, 11) is 0. The van der Waals surface area contributed by atoms with Gasteiger partial charge in [-0.3, -0.25) is 4.79 Å². The number of hydrogen-bond donors (Lipinski definition) is 0. The normalized spacial score (nSPS) is 12.5. The van der Waals surface area contributed by atoms with E-state index in [-0.39, 0.29) is 12.6 Å². The Morgan fingerprint density at radius 1 is 1.12 bits per heavy atom. The molecule has 24 heavy (non-hydrogen) atoms. The third-order valence-corrected chi connectivity index (χ3v) is 3.73. The van der Waals surface area contributed by atoms with Crippen molar-refractivity contribution in [3.8, 4) is 17.2 Å². The van der Waals surface area contributed by atoms with Crippen LogP contribution in [0.5, 0.6) is 17.2 Å². The largest absolute Gasteiger partial charge is 0.494 e. The van der Waals surface area contributed by atoms with Gasteiger partial charge in [0.25, 0.3) is 0 Å². The van der Waals surface area contributed by atoms with Gasteiger partial charge in [0.2, 0.25) is 6.79 Å². The Bertz CT molecular complexity index is 732. The predicted octanol–water partition coefficient (Wildman–Crippen LogP) is 4.49. The first-order chi connectivity index (χ1) is 11.8. The number of rotatable bonds is 7. The van der Waals surface area contributed by atoms with E-state index in [0.29, 0.717) is 17.1 Å². The Morgan fingerprint density at radius 2 is 1.92 bits per heavy atom. The summed E-state index contributed by atoms with van der Waals surface area (Å²) in [5, 5.41) is 0. The van der Waals surface area contributed by atoms with Gasteiger partial charge in [-0.1, -0.05) is 31.6 Å². The molecule has 0 spiro atoms. The topological polar surface area (TPSA) is 44.8 Å². The summed E-state index contributed by atoms with van der Waals surface area (Å²) in [6.45, 7) is 3.07. The Morgan fingerprint density at radius 3 is 2.71 bits per heavy atom. The molecule has 1 aliphatic heterocycles. The Labute approximate surface area is 141 Å². The van der Waals surface area contributed by atoms with Crippen LogP contribution in [-0.4, -0.2) is 19.2 Å². The third kappa shape index (κ3) is 3.96. The maximum absolute atomic E-state index is 12.3. The number of fused-ring (bicyclic) bond motifs is 1. The van der Waals surface area contributed by atoms with Crippen molar-refractivity contribution < 1.29 is 19.0 Å². The second-order valence-electron chi connectivity index (χ2n) is 5.54. The Hall–Kier alpha value is -2.75. The number of allylic oxidation sites excluding steroid dienone is 1. The summed E-state index contributed by atoms with van der Waals surface area (Å²) in [6, 6.07) is 12.9. The van der Waals surface area contributed by atoms with Gasteiger partial charge in [0, 0.05) is 5.56 Å². The van der Waals surface area contributed by atoms with Crippen molar-refractivity contribution in [1.29, 1.82) is 0 Å². The van der Waals surface area contributed by atoms with Crippen LogP contribution in [0.15, 0.2) is 48.5 Å². The first kappa shape index (κ1) is 16.1. The average molecular weight is 324 g/mol. The molecule has 4 nitrogen and oxygen atoms in total. The zero-order chi connectivity index (χ0) is 16.8. The van der Waals surface area contributed by atoms with E-state index in [1.165, 1.54) is 0 Å². The number of carbonyl (C=O) groups is 1. The molecular weight excluding hydrogens is 304 g/mol. The molecule has 0 saturated carbocycles. The number of ketones is 1. The molecule has 0 aliphatic carbocycles. The molecule has 1 aliphatic rings. The smallest absolute Gasteiger partial charge is 0.231 e. The van der Waals surface area contributed by atoms with Gasteiger partial charge < -0.3 is 14.2 Å². The van der Waals surface area contributed by atoms with Crippen LogP contribution < -0.4 is 14.2 Å². The highest BCUT2D eigenvalue weighted by atomic mass is 16.7. The number of hydrogen-bond acceptors (Lipinski definition) is 4. The van der Waals surface area contributed by atoms with Crippen LogP contribution in [0.1, 0.15) is 35.7 Å². The van der Waals surface area contributed by atoms with E-state index in [0.717, 1.165) is 30.8 Å². The van der Waals surface area contributed by atoms with E-state index in [1.54, 1.807) is 30.4 Å². The predicted molar refractivity (Wildman–Crippen MR) is 92.8 cm³/mol. The number of carbonyl (C=O) groups excluding carboxylic acids is 1. The molecule has 0 bridgehead atoms. The van der Waals surface area contributed by atoms with E-state index < -0.39 is 0 Å². The minimum absolute atomic E-state index is 0.0726. The summed E-state index contributed by atoms with van der Waals surface area (Å²) in [4.78, 5) is 12.3. The molecule has 4 heteroatoms. The molecule has 1 heterocycles. The summed E-state index contributed by atoms with van der Waals surface area (Å²) in [6.07, 6.45) is 5.52. The maximum atomic E-state index is 12.3. The summed E-state index contributed by atoms with van der Waals surface area (Å²) >= 11 is 0. The van der Waals surface area contributed by atoms with Crippen molar-refractivity contribution in [3.63, 3.8) is 0 Å². The minimum atomic E-state index is -0.0726. The third-order valence-electron chi connectivity index (χ3n) is 3.73. The molecule has 0 unspecified atom stereocenters. The van der Waals surface area contributed by atoms with Crippen LogP contribution in [0.2, 0.25) is 0 Å². The zero-order valence-corrected chi connectivity index (χ0v) is 13.7. The minimum Gasteiger partial charge on any atom is -0.494 e. The molecule has 124 valence electrons. The van der Waals surface area contributed by atoms with Crippen molar-refractivity contribution in [2.45, 2.75) is 19.8 Å². The van der Waals surface area contributed by atoms with Gasteiger partial charge in [-0.05, 0) is 48.4 Å². The van der Waals surface area contributed by atoms with E-state index >= 15 is 0 Å². The van der Waals surface area contributed by atoms with Gasteiger partial charge >= 0.3 is 0 Å². The molecule has 0 fully saturated rings. The molecule has 3 rings (SSSR count). The van der Waals surface area contributed by atoms with Crippen LogP contribution in [0.25, 0.3) is 6.08 Å². The fourth-order valence-electron chi connectivity index (χ4n) is 2.33. The summed E-state index contributed by atoms with van der Waals surface area (Å²) in [5.74, 6) is 2.07. The molecule has 2 aromatic rings.